The lowest BCUT2D eigenvalue weighted by Gasteiger charge is -2.59. The van der Waals surface area contributed by atoms with E-state index in [-0.39, 0.29) is 28.8 Å². The summed E-state index contributed by atoms with van der Waals surface area (Å²) in [5.41, 5.74) is 2.33. The molecule has 7 rings (SSSR count). The molecule has 3 aromatic rings. The van der Waals surface area contributed by atoms with E-state index in [4.69, 9.17) is 11.6 Å². The molecule has 0 N–H and O–H groups in total. The number of halogens is 2. The van der Waals surface area contributed by atoms with E-state index < -0.39 is 9.84 Å². The van der Waals surface area contributed by atoms with Crippen molar-refractivity contribution in [1.82, 2.24) is 24.6 Å². The molecule has 1 aliphatic carbocycles. The highest BCUT2D eigenvalue weighted by Gasteiger charge is 2.54. The third-order valence-corrected chi connectivity index (χ3v) is 10.00. The quantitative estimate of drug-likeness (QED) is 0.531. The molecule has 4 aliphatic rings. The Morgan fingerprint density at radius 3 is 2.57 bits per heavy atom. The smallest absolute Gasteiger partial charge is 0.153 e. The van der Waals surface area contributed by atoms with E-state index in [1.165, 1.54) is 12.3 Å². The predicted molar refractivity (Wildman–Crippen MR) is 129 cm³/mol. The first kappa shape index (κ1) is 21.7. The number of fused-ring (bicyclic) bond motifs is 3. The Kier molecular flexibility index (Phi) is 4.63. The van der Waals surface area contributed by atoms with Gasteiger partial charge in [0, 0.05) is 42.0 Å². The van der Waals surface area contributed by atoms with Crippen LogP contribution in [0, 0.1) is 11.2 Å². The van der Waals surface area contributed by atoms with Crippen LogP contribution in [0.25, 0.3) is 5.69 Å². The molecule has 8 nitrogen and oxygen atoms in total. The molecule has 35 heavy (non-hydrogen) atoms. The summed E-state index contributed by atoms with van der Waals surface area (Å²) in [6, 6.07) is 9.06. The van der Waals surface area contributed by atoms with Gasteiger partial charge in [0.15, 0.2) is 15.7 Å². The van der Waals surface area contributed by atoms with Crippen LogP contribution in [0.5, 0.6) is 0 Å². The van der Waals surface area contributed by atoms with E-state index >= 15 is 0 Å². The molecule has 2 aromatic heterocycles. The Hall–Kier alpha value is -2.56. The van der Waals surface area contributed by atoms with E-state index in [2.05, 4.69) is 29.5 Å². The molecule has 1 aromatic carbocycles. The van der Waals surface area contributed by atoms with Crippen LogP contribution in [0.2, 0.25) is 5.02 Å². The molecular formula is C24H24ClFN6O2S. The van der Waals surface area contributed by atoms with Gasteiger partial charge in [0.1, 0.15) is 17.5 Å². The number of hydrogen-bond donors (Lipinski definition) is 0. The summed E-state index contributed by atoms with van der Waals surface area (Å²) in [6.07, 6.45) is 3.31. The maximum Gasteiger partial charge on any atom is 0.153 e. The number of nitrogens with zero attached hydrogens (tertiary/aromatic N) is 6. The first-order chi connectivity index (χ1) is 16.8. The summed E-state index contributed by atoms with van der Waals surface area (Å²) in [5, 5.41) is 9.85. The minimum atomic E-state index is -2.93. The SMILES string of the molecule is O=S1(=O)CC(N2Cc3cc(Cl)ccc3-n3c(nnc3C3CC4(C3)CN(c3ccc(F)cn3)C4)C2)C1. The molecule has 182 valence electrons. The Morgan fingerprint density at radius 2 is 1.86 bits per heavy atom. The van der Waals surface area contributed by atoms with Gasteiger partial charge in [0.25, 0.3) is 0 Å². The first-order valence-corrected chi connectivity index (χ1v) is 14.0. The van der Waals surface area contributed by atoms with Crippen LogP contribution in [-0.4, -0.2) is 63.7 Å². The van der Waals surface area contributed by atoms with Gasteiger partial charge in [-0.1, -0.05) is 11.6 Å². The summed E-state index contributed by atoms with van der Waals surface area (Å²) >= 11 is 6.34. The number of hydrogen-bond acceptors (Lipinski definition) is 7. The highest BCUT2D eigenvalue weighted by molar-refractivity contribution is 7.92. The van der Waals surface area contributed by atoms with Gasteiger partial charge in [0.2, 0.25) is 0 Å². The van der Waals surface area contributed by atoms with Crippen LogP contribution in [0.15, 0.2) is 36.5 Å². The zero-order chi connectivity index (χ0) is 23.9. The molecule has 2 saturated heterocycles. The number of pyridine rings is 1. The van der Waals surface area contributed by atoms with Crippen LogP contribution in [0.1, 0.15) is 36.0 Å². The largest absolute Gasteiger partial charge is 0.355 e. The Bertz CT molecular complexity index is 1420. The highest BCUT2D eigenvalue weighted by atomic mass is 35.5. The van der Waals surface area contributed by atoms with Crippen LogP contribution in [-0.2, 0) is 22.9 Å². The summed E-state index contributed by atoms with van der Waals surface area (Å²) in [6.45, 7) is 3.02. The van der Waals surface area contributed by atoms with Crippen LogP contribution in [0.4, 0.5) is 10.2 Å². The van der Waals surface area contributed by atoms with Crippen molar-refractivity contribution in [3.63, 3.8) is 0 Å². The second kappa shape index (κ2) is 7.47. The molecule has 3 fully saturated rings. The standard InChI is InChI=1S/C24H24ClFN6O2S/c25-17-1-3-20-15(5-17)9-30(19-11-35(33,34)12-19)10-22-28-29-23(32(20)22)16-6-24(7-16)13-31(14-24)21-4-2-18(26)8-27-21/h1-5,8,16,19H,6-7,9-14H2. The fourth-order valence-corrected chi connectivity index (χ4v) is 7.92. The first-order valence-electron chi connectivity index (χ1n) is 11.8. The zero-order valence-corrected chi connectivity index (χ0v) is 20.5. The predicted octanol–water partition coefficient (Wildman–Crippen LogP) is 2.95. The number of rotatable bonds is 3. The number of aromatic nitrogens is 4. The van der Waals surface area contributed by atoms with Crippen molar-refractivity contribution in [2.24, 2.45) is 5.41 Å². The van der Waals surface area contributed by atoms with Crippen molar-refractivity contribution < 1.29 is 12.8 Å². The third kappa shape index (κ3) is 3.56. The van der Waals surface area contributed by atoms with Gasteiger partial charge in [0.05, 0.1) is 29.9 Å². The average molecular weight is 515 g/mol. The molecule has 5 heterocycles. The van der Waals surface area contributed by atoms with E-state index in [9.17, 15) is 12.8 Å². The summed E-state index contributed by atoms with van der Waals surface area (Å²) in [7, 11) is -2.93. The average Bonchev–Trinajstić information content (AvgIpc) is 3.06. The van der Waals surface area contributed by atoms with Crippen molar-refractivity contribution in [1.29, 1.82) is 0 Å². The van der Waals surface area contributed by atoms with Crippen LogP contribution >= 0.6 is 11.6 Å². The zero-order valence-electron chi connectivity index (χ0n) is 18.9. The maximum atomic E-state index is 13.2. The van der Waals surface area contributed by atoms with E-state index in [0.717, 1.165) is 54.6 Å². The Balaban J connectivity index is 1.14. The molecule has 1 saturated carbocycles. The lowest BCUT2D eigenvalue weighted by molar-refractivity contribution is 0.0581. The van der Waals surface area contributed by atoms with E-state index in [1.54, 1.807) is 6.07 Å². The molecule has 11 heteroatoms. The normalized spacial score (nSPS) is 24.6. The number of sulfone groups is 1. The van der Waals surface area contributed by atoms with Gasteiger partial charge < -0.3 is 4.90 Å². The van der Waals surface area contributed by atoms with Gasteiger partial charge in [-0.15, -0.1) is 10.2 Å². The molecule has 3 aliphatic heterocycles. The Labute approximate surface area is 207 Å². The van der Waals surface area contributed by atoms with Gasteiger partial charge in [-0.25, -0.2) is 17.8 Å². The van der Waals surface area contributed by atoms with E-state index in [1.807, 2.05) is 18.2 Å². The topological polar surface area (TPSA) is 84.2 Å². The minimum absolute atomic E-state index is 0.00784. The number of benzene rings is 1. The van der Waals surface area contributed by atoms with Gasteiger partial charge in [-0.2, -0.15) is 0 Å². The van der Waals surface area contributed by atoms with Gasteiger partial charge >= 0.3 is 0 Å². The molecule has 0 radical (unpaired) electrons. The molecule has 0 amide bonds. The molecule has 0 unspecified atom stereocenters. The van der Waals surface area contributed by atoms with Crippen molar-refractivity contribution >= 4 is 27.3 Å². The fourth-order valence-electron chi connectivity index (χ4n) is 6.23. The molecule has 0 bridgehead atoms. The third-order valence-electron chi connectivity index (χ3n) is 7.98. The maximum absolute atomic E-state index is 13.2. The number of anilines is 1. The van der Waals surface area contributed by atoms with Gasteiger partial charge in [-0.3, -0.25) is 9.47 Å². The molecular weight excluding hydrogens is 491 g/mol. The van der Waals surface area contributed by atoms with Crippen molar-refractivity contribution in [2.75, 3.05) is 29.5 Å². The van der Waals surface area contributed by atoms with Crippen molar-refractivity contribution in [2.45, 2.75) is 37.9 Å². The summed E-state index contributed by atoms with van der Waals surface area (Å²) in [5.74, 6) is 2.99. The second-order valence-electron chi connectivity index (χ2n) is 10.5. The Morgan fingerprint density at radius 1 is 1.06 bits per heavy atom. The van der Waals surface area contributed by atoms with E-state index in [0.29, 0.717) is 24.0 Å². The highest BCUT2D eigenvalue weighted by Crippen LogP contribution is 2.56. The summed E-state index contributed by atoms with van der Waals surface area (Å²) in [4.78, 5) is 8.59. The van der Waals surface area contributed by atoms with Crippen molar-refractivity contribution in [3.05, 3.63) is 64.6 Å². The minimum Gasteiger partial charge on any atom is -0.355 e. The monoisotopic (exact) mass is 514 g/mol. The lowest BCUT2D eigenvalue weighted by Crippen LogP contribution is -2.62. The van der Waals surface area contributed by atoms with Crippen LogP contribution in [0.3, 0.4) is 0 Å². The lowest BCUT2D eigenvalue weighted by atomic mass is 9.57. The molecule has 1 spiro atoms. The van der Waals surface area contributed by atoms with Gasteiger partial charge in [-0.05, 0) is 48.7 Å². The van der Waals surface area contributed by atoms with Crippen molar-refractivity contribution in [3.8, 4) is 5.69 Å². The molecule has 0 atom stereocenters. The second-order valence-corrected chi connectivity index (χ2v) is 13.1. The van der Waals surface area contributed by atoms with Crippen LogP contribution < -0.4 is 4.90 Å². The fraction of sp³-hybridized carbons (Fsp3) is 0.458. The summed E-state index contributed by atoms with van der Waals surface area (Å²) < 4.78 is 39.0.